The molecule has 0 bridgehead atoms. The Kier molecular flexibility index (Phi) is 6.92. The summed E-state index contributed by atoms with van der Waals surface area (Å²) in [5.41, 5.74) is 4.71. The number of thiocarbonyl (C=S) groups is 1. The minimum absolute atomic E-state index is 0.423. The second-order valence-corrected chi connectivity index (χ2v) is 8.11. The molecule has 0 atom stereocenters. The second-order valence-electron chi connectivity index (χ2n) is 7.72. The summed E-state index contributed by atoms with van der Waals surface area (Å²) in [6.45, 7) is 7.17. The minimum atomic E-state index is 0.423. The van der Waals surface area contributed by atoms with E-state index in [1.165, 1.54) is 11.1 Å². The molecule has 5 heteroatoms. The number of aryl methyl sites for hydroxylation is 2. The molecular weight excluding hydrogens is 366 g/mol. The molecule has 1 aliphatic heterocycles. The van der Waals surface area contributed by atoms with Crippen molar-refractivity contribution in [1.82, 2.24) is 9.80 Å². The number of methoxy groups -OCH3 is 1. The first-order valence-corrected chi connectivity index (χ1v) is 10.3. The van der Waals surface area contributed by atoms with Crippen molar-refractivity contribution in [3.63, 3.8) is 0 Å². The highest BCUT2D eigenvalue weighted by Gasteiger charge is 2.26. The molecule has 2 aromatic rings. The summed E-state index contributed by atoms with van der Waals surface area (Å²) in [5.74, 6) is 0.912. The fourth-order valence-electron chi connectivity index (χ4n) is 3.83. The number of ether oxygens (including phenoxy) is 1. The molecule has 3 rings (SSSR count). The van der Waals surface area contributed by atoms with E-state index in [0.29, 0.717) is 6.04 Å². The lowest BCUT2D eigenvalue weighted by atomic mass is 10.0. The van der Waals surface area contributed by atoms with Crippen LogP contribution in [0.4, 0.5) is 5.69 Å². The van der Waals surface area contributed by atoms with Crippen molar-refractivity contribution in [2.24, 2.45) is 0 Å². The van der Waals surface area contributed by atoms with Gasteiger partial charge in [-0.1, -0.05) is 35.9 Å². The van der Waals surface area contributed by atoms with Crippen LogP contribution in [0.15, 0.2) is 42.5 Å². The highest BCUT2D eigenvalue weighted by molar-refractivity contribution is 7.80. The van der Waals surface area contributed by atoms with Gasteiger partial charge in [0.25, 0.3) is 0 Å². The summed E-state index contributed by atoms with van der Waals surface area (Å²) in [7, 11) is 3.91. The highest BCUT2D eigenvalue weighted by Crippen LogP contribution is 2.25. The molecular formula is C23H31N3OS. The Labute approximate surface area is 174 Å². The first-order chi connectivity index (χ1) is 13.5. The molecule has 0 saturated carbocycles. The molecule has 28 heavy (non-hydrogen) atoms. The predicted molar refractivity (Wildman–Crippen MR) is 121 cm³/mol. The van der Waals surface area contributed by atoms with Crippen LogP contribution in [0.5, 0.6) is 5.75 Å². The molecule has 1 N–H and O–H groups in total. The molecule has 0 spiro atoms. The zero-order valence-electron chi connectivity index (χ0n) is 17.4. The topological polar surface area (TPSA) is 27.7 Å². The summed E-state index contributed by atoms with van der Waals surface area (Å²) >= 11 is 5.90. The van der Waals surface area contributed by atoms with Crippen LogP contribution in [-0.2, 0) is 6.54 Å². The van der Waals surface area contributed by atoms with Crippen LogP contribution in [0.3, 0.4) is 0 Å². The van der Waals surface area contributed by atoms with Crippen molar-refractivity contribution in [3.8, 4) is 5.75 Å². The number of hydrogen-bond donors (Lipinski definition) is 1. The maximum absolute atomic E-state index is 5.90. The number of likely N-dealkylation sites (tertiary alicyclic amines) is 1. The van der Waals surface area contributed by atoms with Gasteiger partial charge in [-0.3, -0.25) is 0 Å². The van der Waals surface area contributed by atoms with Crippen LogP contribution in [0.1, 0.15) is 29.5 Å². The smallest absolute Gasteiger partial charge is 0.173 e. The Morgan fingerprint density at radius 1 is 1.18 bits per heavy atom. The largest absolute Gasteiger partial charge is 0.496 e. The van der Waals surface area contributed by atoms with E-state index in [9.17, 15) is 0 Å². The summed E-state index contributed by atoms with van der Waals surface area (Å²) < 4.78 is 5.58. The van der Waals surface area contributed by atoms with E-state index in [0.717, 1.165) is 54.6 Å². The molecule has 0 aromatic heterocycles. The molecule has 2 aromatic carbocycles. The van der Waals surface area contributed by atoms with Crippen LogP contribution in [0, 0.1) is 13.8 Å². The van der Waals surface area contributed by atoms with E-state index < -0.39 is 0 Å². The molecule has 1 aliphatic rings. The van der Waals surface area contributed by atoms with E-state index in [1.54, 1.807) is 7.11 Å². The lowest BCUT2D eigenvalue weighted by molar-refractivity contribution is 0.173. The molecule has 0 unspecified atom stereocenters. The standard InChI is InChI=1S/C23H31N3OS/c1-17-9-10-21(18(2)15-17)24-23(28)26(20-11-13-25(3)14-12-20)16-19-7-5-6-8-22(19)27-4/h5-10,15,20H,11-14,16H2,1-4H3,(H,24,28). The third-order valence-corrected chi connectivity index (χ3v) is 5.88. The van der Waals surface area contributed by atoms with Gasteiger partial charge in [0.1, 0.15) is 5.75 Å². The van der Waals surface area contributed by atoms with E-state index in [1.807, 2.05) is 12.1 Å². The maximum Gasteiger partial charge on any atom is 0.173 e. The van der Waals surface area contributed by atoms with Crippen LogP contribution < -0.4 is 10.1 Å². The summed E-state index contributed by atoms with van der Waals surface area (Å²) in [6, 6.07) is 15.1. The Morgan fingerprint density at radius 3 is 2.57 bits per heavy atom. The van der Waals surface area contributed by atoms with Crippen molar-refractivity contribution >= 4 is 23.0 Å². The predicted octanol–water partition coefficient (Wildman–Crippen LogP) is 4.61. The van der Waals surface area contributed by atoms with Gasteiger partial charge in [0.05, 0.1) is 7.11 Å². The number of hydrogen-bond acceptors (Lipinski definition) is 3. The Bertz CT molecular complexity index is 815. The molecule has 0 amide bonds. The van der Waals surface area contributed by atoms with Crippen molar-refractivity contribution < 1.29 is 4.74 Å². The first-order valence-electron chi connectivity index (χ1n) is 9.93. The molecule has 0 aliphatic carbocycles. The average molecular weight is 398 g/mol. The lowest BCUT2D eigenvalue weighted by Gasteiger charge is -2.39. The van der Waals surface area contributed by atoms with Gasteiger partial charge in [0.2, 0.25) is 0 Å². The second kappa shape index (κ2) is 9.39. The van der Waals surface area contributed by atoms with Gasteiger partial charge < -0.3 is 19.9 Å². The van der Waals surface area contributed by atoms with Crippen molar-refractivity contribution in [1.29, 1.82) is 0 Å². The number of benzene rings is 2. The number of nitrogens with one attached hydrogen (secondary N) is 1. The monoisotopic (exact) mass is 397 g/mol. The number of nitrogens with zero attached hydrogens (tertiary/aromatic N) is 2. The Hall–Kier alpha value is -2.11. The quantitative estimate of drug-likeness (QED) is 0.744. The van der Waals surface area contributed by atoms with E-state index in [4.69, 9.17) is 17.0 Å². The third kappa shape index (κ3) is 5.03. The molecule has 0 radical (unpaired) electrons. The van der Waals surface area contributed by atoms with Crippen LogP contribution >= 0.6 is 12.2 Å². The highest BCUT2D eigenvalue weighted by atomic mass is 32.1. The molecule has 150 valence electrons. The maximum atomic E-state index is 5.90. The normalized spacial score (nSPS) is 15.3. The fourth-order valence-corrected chi connectivity index (χ4v) is 4.15. The van der Waals surface area contributed by atoms with Gasteiger partial charge in [-0.15, -0.1) is 0 Å². The van der Waals surface area contributed by atoms with Gasteiger partial charge in [0, 0.05) is 23.8 Å². The number of piperidine rings is 1. The summed E-state index contributed by atoms with van der Waals surface area (Å²) in [5, 5.41) is 4.29. The van der Waals surface area contributed by atoms with Gasteiger partial charge in [0.15, 0.2) is 5.11 Å². The number of anilines is 1. The first kappa shape index (κ1) is 20.6. The summed E-state index contributed by atoms with van der Waals surface area (Å²) in [4.78, 5) is 4.73. The van der Waals surface area contributed by atoms with Crippen molar-refractivity contribution in [2.45, 2.75) is 39.3 Å². The fraction of sp³-hybridized carbons (Fsp3) is 0.435. The molecule has 1 heterocycles. The summed E-state index contributed by atoms with van der Waals surface area (Å²) in [6.07, 6.45) is 2.22. The molecule has 1 saturated heterocycles. The molecule has 1 fully saturated rings. The van der Waals surface area contributed by atoms with Gasteiger partial charge in [-0.2, -0.15) is 0 Å². The number of para-hydroxylation sites is 1. The van der Waals surface area contributed by atoms with E-state index >= 15 is 0 Å². The van der Waals surface area contributed by atoms with Gasteiger partial charge >= 0.3 is 0 Å². The van der Waals surface area contributed by atoms with Gasteiger partial charge in [-0.25, -0.2) is 0 Å². The Morgan fingerprint density at radius 2 is 1.89 bits per heavy atom. The molecule has 4 nitrogen and oxygen atoms in total. The van der Waals surface area contributed by atoms with Gasteiger partial charge in [-0.05, 0) is 76.7 Å². The van der Waals surface area contributed by atoms with E-state index in [2.05, 4.69) is 66.3 Å². The Balaban J connectivity index is 1.83. The van der Waals surface area contributed by atoms with Crippen LogP contribution in [0.25, 0.3) is 0 Å². The van der Waals surface area contributed by atoms with Crippen molar-refractivity contribution in [2.75, 3.05) is 32.6 Å². The lowest BCUT2D eigenvalue weighted by Crippen LogP contribution is -2.47. The van der Waals surface area contributed by atoms with Crippen LogP contribution in [0.2, 0.25) is 0 Å². The average Bonchev–Trinajstić information content (AvgIpc) is 2.69. The van der Waals surface area contributed by atoms with Crippen molar-refractivity contribution in [3.05, 3.63) is 59.2 Å². The number of rotatable bonds is 5. The minimum Gasteiger partial charge on any atom is -0.496 e. The van der Waals surface area contributed by atoms with E-state index in [-0.39, 0.29) is 0 Å². The SMILES string of the molecule is COc1ccccc1CN(C(=S)Nc1ccc(C)cc1C)C1CCN(C)CC1. The van der Waals surface area contributed by atoms with Crippen LogP contribution in [-0.4, -0.2) is 48.2 Å². The zero-order valence-corrected chi connectivity index (χ0v) is 18.2. The zero-order chi connectivity index (χ0) is 20.1. The third-order valence-electron chi connectivity index (χ3n) is 5.55.